The number of carbonyl (C=O) groups excluding carboxylic acids is 2. The number of likely N-dealkylation sites (N-methyl/N-ethyl adjacent to an activating group) is 1. The maximum atomic E-state index is 11.5. The van der Waals surface area contributed by atoms with Gasteiger partial charge < -0.3 is 16.0 Å². The van der Waals surface area contributed by atoms with Gasteiger partial charge in [0.15, 0.2) is 0 Å². The summed E-state index contributed by atoms with van der Waals surface area (Å²) in [7, 11) is 1.56. The molecule has 1 heterocycles. The molecule has 5 nitrogen and oxygen atoms in total. The van der Waals surface area contributed by atoms with E-state index < -0.39 is 6.04 Å². The van der Waals surface area contributed by atoms with Crippen molar-refractivity contribution in [3.05, 3.63) is 0 Å². The number of hydrogen-bond acceptors (Lipinski definition) is 3. The van der Waals surface area contributed by atoms with Crippen LogP contribution < -0.4 is 11.1 Å². The molecule has 2 amide bonds. The van der Waals surface area contributed by atoms with E-state index in [2.05, 4.69) is 5.32 Å². The van der Waals surface area contributed by atoms with E-state index in [4.69, 9.17) is 5.73 Å². The lowest BCUT2D eigenvalue weighted by atomic mass is 10.0. The van der Waals surface area contributed by atoms with Crippen LogP contribution in [0.4, 0.5) is 0 Å². The molecule has 0 saturated carbocycles. The average molecular weight is 199 g/mol. The Morgan fingerprint density at radius 2 is 2.36 bits per heavy atom. The zero-order valence-electron chi connectivity index (χ0n) is 8.62. The van der Waals surface area contributed by atoms with E-state index in [1.165, 1.54) is 0 Å². The molecule has 0 radical (unpaired) electrons. The van der Waals surface area contributed by atoms with Gasteiger partial charge in [0.25, 0.3) is 0 Å². The predicted molar refractivity (Wildman–Crippen MR) is 52.5 cm³/mol. The Labute approximate surface area is 83.6 Å². The number of nitrogens with one attached hydrogen (secondary N) is 1. The van der Waals surface area contributed by atoms with E-state index in [0.29, 0.717) is 13.0 Å². The number of hydrogen-bond donors (Lipinski definition) is 2. The van der Waals surface area contributed by atoms with Crippen molar-refractivity contribution in [3.8, 4) is 0 Å². The highest BCUT2D eigenvalue weighted by molar-refractivity contribution is 5.87. The third kappa shape index (κ3) is 2.23. The SMILES string of the molecule is CNC(=O)[C@@H](C)N1C[C@@H](N)CCC1=O. The van der Waals surface area contributed by atoms with E-state index in [1.807, 2.05) is 0 Å². The summed E-state index contributed by atoms with van der Waals surface area (Å²) in [6.07, 6.45) is 1.16. The maximum Gasteiger partial charge on any atom is 0.242 e. The summed E-state index contributed by atoms with van der Waals surface area (Å²) in [5.74, 6) is -0.129. The van der Waals surface area contributed by atoms with Crippen LogP contribution in [0, 0.1) is 0 Å². The van der Waals surface area contributed by atoms with Crippen LogP contribution in [0.5, 0.6) is 0 Å². The molecule has 1 saturated heterocycles. The summed E-state index contributed by atoms with van der Waals surface area (Å²) in [5.41, 5.74) is 5.74. The molecule has 0 aromatic carbocycles. The third-order valence-corrected chi connectivity index (χ3v) is 2.57. The van der Waals surface area contributed by atoms with Crippen LogP contribution in [-0.4, -0.2) is 42.4 Å². The molecule has 1 aliphatic rings. The van der Waals surface area contributed by atoms with Gasteiger partial charge in [0, 0.05) is 26.1 Å². The van der Waals surface area contributed by atoms with Gasteiger partial charge in [0.05, 0.1) is 0 Å². The van der Waals surface area contributed by atoms with Gasteiger partial charge in [-0.15, -0.1) is 0 Å². The van der Waals surface area contributed by atoms with Crippen LogP contribution in [0.15, 0.2) is 0 Å². The second-order valence-electron chi connectivity index (χ2n) is 3.64. The van der Waals surface area contributed by atoms with Crippen molar-refractivity contribution in [1.82, 2.24) is 10.2 Å². The molecule has 0 aromatic rings. The van der Waals surface area contributed by atoms with Crippen molar-refractivity contribution in [2.24, 2.45) is 5.73 Å². The predicted octanol–water partition coefficient (Wildman–Crippen LogP) is -0.929. The van der Waals surface area contributed by atoms with Crippen LogP contribution in [-0.2, 0) is 9.59 Å². The van der Waals surface area contributed by atoms with E-state index in [0.717, 1.165) is 6.42 Å². The van der Waals surface area contributed by atoms with Crippen molar-refractivity contribution < 1.29 is 9.59 Å². The molecular formula is C9H17N3O2. The van der Waals surface area contributed by atoms with Crippen molar-refractivity contribution in [2.45, 2.75) is 31.8 Å². The number of nitrogens with two attached hydrogens (primary N) is 1. The summed E-state index contributed by atoms with van der Waals surface area (Å²) < 4.78 is 0. The van der Waals surface area contributed by atoms with Crippen molar-refractivity contribution in [1.29, 1.82) is 0 Å². The highest BCUT2D eigenvalue weighted by Gasteiger charge is 2.30. The number of piperidine rings is 1. The van der Waals surface area contributed by atoms with Crippen molar-refractivity contribution in [3.63, 3.8) is 0 Å². The summed E-state index contributed by atoms with van der Waals surface area (Å²) in [6, 6.07) is -0.418. The molecule has 2 atom stereocenters. The summed E-state index contributed by atoms with van der Waals surface area (Å²) in [4.78, 5) is 24.4. The van der Waals surface area contributed by atoms with Gasteiger partial charge in [0.1, 0.15) is 6.04 Å². The van der Waals surface area contributed by atoms with Gasteiger partial charge in [-0.05, 0) is 13.3 Å². The Morgan fingerprint density at radius 1 is 1.71 bits per heavy atom. The first-order valence-electron chi connectivity index (χ1n) is 4.83. The van der Waals surface area contributed by atoms with Crippen LogP contribution in [0.25, 0.3) is 0 Å². The smallest absolute Gasteiger partial charge is 0.242 e. The van der Waals surface area contributed by atoms with Gasteiger partial charge in [-0.1, -0.05) is 0 Å². The Balaban J connectivity index is 2.64. The highest BCUT2D eigenvalue weighted by atomic mass is 16.2. The molecule has 14 heavy (non-hydrogen) atoms. The van der Waals surface area contributed by atoms with Gasteiger partial charge in [-0.2, -0.15) is 0 Å². The zero-order valence-corrected chi connectivity index (χ0v) is 8.62. The molecule has 0 unspecified atom stereocenters. The van der Waals surface area contributed by atoms with Gasteiger partial charge in [-0.25, -0.2) is 0 Å². The fraction of sp³-hybridized carbons (Fsp3) is 0.778. The normalized spacial score (nSPS) is 24.6. The molecule has 80 valence electrons. The Kier molecular flexibility index (Phi) is 3.46. The molecule has 0 aliphatic carbocycles. The Hall–Kier alpha value is -1.10. The van der Waals surface area contributed by atoms with Gasteiger partial charge in [-0.3, -0.25) is 9.59 Å². The van der Waals surface area contributed by atoms with E-state index in [-0.39, 0.29) is 17.9 Å². The Morgan fingerprint density at radius 3 is 2.93 bits per heavy atom. The topological polar surface area (TPSA) is 75.4 Å². The van der Waals surface area contributed by atoms with Crippen LogP contribution in [0.3, 0.4) is 0 Å². The van der Waals surface area contributed by atoms with E-state index >= 15 is 0 Å². The number of carbonyl (C=O) groups is 2. The molecule has 5 heteroatoms. The minimum Gasteiger partial charge on any atom is -0.357 e. The van der Waals surface area contributed by atoms with E-state index in [9.17, 15) is 9.59 Å². The lowest BCUT2D eigenvalue weighted by Crippen LogP contribution is -2.54. The second-order valence-corrected chi connectivity index (χ2v) is 3.64. The number of amides is 2. The molecular weight excluding hydrogens is 182 g/mol. The monoisotopic (exact) mass is 199 g/mol. The molecule has 1 rings (SSSR count). The number of rotatable bonds is 2. The fourth-order valence-corrected chi connectivity index (χ4v) is 1.62. The fourth-order valence-electron chi connectivity index (χ4n) is 1.62. The minimum atomic E-state index is -0.418. The molecule has 1 aliphatic heterocycles. The Bertz CT molecular complexity index is 242. The summed E-state index contributed by atoms with van der Waals surface area (Å²) >= 11 is 0. The molecule has 0 spiro atoms. The lowest BCUT2D eigenvalue weighted by molar-refractivity contribution is -0.142. The first-order valence-corrected chi connectivity index (χ1v) is 4.83. The lowest BCUT2D eigenvalue weighted by Gasteiger charge is -2.34. The molecule has 1 fully saturated rings. The van der Waals surface area contributed by atoms with Crippen molar-refractivity contribution >= 4 is 11.8 Å². The second kappa shape index (κ2) is 4.41. The zero-order chi connectivity index (χ0) is 10.7. The summed E-state index contributed by atoms with van der Waals surface area (Å²) in [6.45, 7) is 2.20. The molecule has 3 N–H and O–H groups in total. The summed E-state index contributed by atoms with van der Waals surface area (Å²) in [5, 5.41) is 2.52. The quantitative estimate of drug-likeness (QED) is 0.603. The van der Waals surface area contributed by atoms with Gasteiger partial charge in [0.2, 0.25) is 11.8 Å². The van der Waals surface area contributed by atoms with Crippen molar-refractivity contribution in [2.75, 3.05) is 13.6 Å². The maximum absolute atomic E-state index is 11.5. The number of likely N-dealkylation sites (tertiary alicyclic amines) is 1. The molecule has 0 bridgehead atoms. The molecule has 0 aromatic heterocycles. The van der Waals surface area contributed by atoms with Gasteiger partial charge >= 0.3 is 0 Å². The first kappa shape index (κ1) is 11.0. The highest BCUT2D eigenvalue weighted by Crippen LogP contribution is 2.13. The minimum absolute atomic E-state index is 0.000180. The number of nitrogens with zero attached hydrogens (tertiary/aromatic N) is 1. The van der Waals surface area contributed by atoms with Crippen LogP contribution >= 0.6 is 0 Å². The van der Waals surface area contributed by atoms with Crippen LogP contribution in [0.1, 0.15) is 19.8 Å². The van der Waals surface area contributed by atoms with Crippen LogP contribution in [0.2, 0.25) is 0 Å². The largest absolute Gasteiger partial charge is 0.357 e. The first-order chi connectivity index (χ1) is 6.56. The van der Waals surface area contributed by atoms with E-state index in [1.54, 1.807) is 18.9 Å². The third-order valence-electron chi connectivity index (χ3n) is 2.57. The standard InChI is InChI=1S/C9H17N3O2/c1-6(9(14)11-2)12-5-7(10)3-4-8(12)13/h6-7H,3-5,10H2,1-2H3,(H,11,14)/t6-,7+/m1/s1. The average Bonchev–Trinajstić information content (AvgIpc) is 2.19.